The number of H-pyrrole nitrogens is 1. The van der Waals surface area contributed by atoms with Gasteiger partial charge in [0.25, 0.3) is 0 Å². The number of nitrogens with two attached hydrogens (primary N) is 1. The molecule has 0 aliphatic rings. The van der Waals surface area contributed by atoms with Gasteiger partial charge in [-0.15, -0.1) is 0 Å². The molecule has 4 N–H and O–H groups in total. The smallest absolute Gasteiger partial charge is 0.243 e. The number of aromatic amines is 1. The fourth-order valence-corrected chi connectivity index (χ4v) is 3.66. The summed E-state index contributed by atoms with van der Waals surface area (Å²) in [4.78, 5) is 7.06. The Balaban J connectivity index is 2.39. The number of rotatable bonds is 4. The molecule has 0 fully saturated rings. The zero-order valence-corrected chi connectivity index (χ0v) is 12.5. The minimum absolute atomic E-state index is 0.135. The van der Waals surface area contributed by atoms with Crippen LogP contribution >= 0.6 is 0 Å². The molecule has 0 bridgehead atoms. The molecule has 0 amide bonds. The lowest BCUT2D eigenvalue weighted by atomic mass is 10.1. The molecule has 1 unspecified atom stereocenters. The summed E-state index contributed by atoms with van der Waals surface area (Å²) in [5.74, 6) is 0.553. The van der Waals surface area contributed by atoms with Gasteiger partial charge in [0.15, 0.2) is 0 Å². The first-order chi connectivity index (χ1) is 9.33. The van der Waals surface area contributed by atoms with Crippen LogP contribution in [0.15, 0.2) is 29.4 Å². The van der Waals surface area contributed by atoms with Crippen LogP contribution in [0, 0.1) is 13.8 Å². The number of nitrogens with one attached hydrogen (secondary N) is 2. The summed E-state index contributed by atoms with van der Waals surface area (Å²) in [6.07, 6.45) is 3.22. The minimum atomic E-state index is -3.70. The number of nitrogen functional groups attached to an aromatic ring is 1. The first-order valence-corrected chi connectivity index (χ1v) is 7.68. The van der Waals surface area contributed by atoms with Gasteiger partial charge >= 0.3 is 0 Å². The SMILES string of the molecule is Cc1ccc(C)c(S(=O)(=O)NC(C)c2ncc[nH]2)c1N. The summed E-state index contributed by atoms with van der Waals surface area (Å²) in [7, 11) is -3.70. The van der Waals surface area contributed by atoms with Crippen LogP contribution in [0.4, 0.5) is 5.69 Å². The number of nitrogens with zero attached hydrogens (tertiary/aromatic N) is 1. The molecule has 0 aliphatic carbocycles. The summed E-state index contributed by atoms with van der Waals surface area (Å²) in [5.41, 5.74) is 7.56. The van der Waals surface area contributed by atoms with Gasteiger partial charge in [0.2, 0.25) is 10.0 Å². The number of sulfonamides is 1. The van der Waals surface area contributed by atoms with Gasteiger partial charge in [-0.05, 0) is 31.9 Å². The number of benzene rings is 1. The van der Waals surface area contributed by atoms with Crippen molar-refractivity contribution in [2.45, 2.75) is 31.7 Å². The van der Waals surface area contributed by atoms with Crippen LogP contribution in [0.25, 0.3) is 0 Å². The molecule has 1 aromatic heterocycles. The molecular weight excluding hydrogens is 276 g/mol. The topological polar surface area (TPSA) is 101 Å². The van der Waals surface area contributed by atoms with Crippen molar-refractivity contribution >= 4 is 15.7 Å². The van der Waals surface area contributed by atoms with Crippen LogP contribution in [-0.4, -0.2) is 18.4 Å². The van der Waals surface area contributed by atoms with Gasteiger partial charge in [0.05, 0.1) is 11.7 Å². The van der Waals surface area contributed by atoms with Crippen LogP contribution in [0.1, 0.15) is 29.9 Å². The fourth-order valence-electron chi connectivity index (χ4n) is 2.03. The normalized spacial score (nSPS) is 13.3. The van der Waals surface area contributed by atoms with E-state index in [9.17, 15) is 8.42 Å². The second kappa shape index (κ2) is 5.26. The molecule has 0 radical (unpaired) electrons. The quantitative estimate of drug-likeness (QED) is 0.746. The van der Waals surface area contributed by atoms with Crippen molar-refractivity contribution in [3.05, 3.63) is 41.5 Å². The molecule has 6 nitrogen and oxygen atoms in total. The van der Waals surface area contributed by atoms with Crippen molar-refractivity contribution in [1.82, 2.24) is 14.7 Å². The van der Waals surface area contributed by atoms with E-state index in [1.54, 1.807) is 45.3 Å². The predicted octanol–water partition coefficient (Wildman–Crippen LogP) is 1.65. The van der Waals surface area contributed by atoms with Crippen LogP contribution in [-0.2, 0) is 10.0 Å². The highest BCUT2D eigenvalue weighted by atomic mass is 32.2. The van der Waals surface area contributed by atoms with Crippen molar-refractivity contribution < 1.29 is 8.42 Å². The van der Waals surface area contributed by atoms with E-state index < -0.39 is 16.1 Å². The summed E-state index contributed by atoms with van der Waals surface area (Å²) in [5, 5.41) is 0. The lowest BCUT2D eigenvalue weighted by Gasteiger charge is -2.16. The predicted molar refractivity (Wildman–Crippen MR) is 77.7 cm³/mol. The van der Waals surface area contributed by atoms with Gasteiger partial charge in [-0.25, -0.2) is 18.1 Å². The van der Waals surface area contributed by atoms with Crippen molar-refractivity contribution in [2.75, 3.05) is 5.73 Å². The van der Waals surface area contributed by atoms with E-state index in [0.29, 0.717) is 11.4 Å². The van der Waals surface area contributed by atoms with E-state index in [1.165, 1.54) is 0 Å². The Bertz CT molecular complexity index is 708. The lowest BCUT2D eigenvalue weighted by Crippen LogP contribution is -2.29. The van der Waals surface area contributed by atoms with Crippen LogP contribution in [0.3, 0.4) is 0 Å². The molecule has 0 aliphatic heterocycles. The van der Waals surface area contributed by atoms with Crippen LogP contribution in [0.2, 0.25) is 0 Å². The molecule has 2 rings (SSSR count). The number of hydrogen-bond acceptors (Lipinski definition) is 4. The number of aryl methyl sites for hydroxylation is 2. The van der Waals surface area contributed by atoms with Crippen molar-refractivity contribution in [3.63, 3.8) is 0 Å². The highest BCUT2D eigenvalue weighted by Gasteiger charge is 2.24. The van der Waals surface area contributed by atoms with Crippen molar-refractivity contribution in [1.29, 1.82) is 0 Å². The van der Waals surface area contributed by atoms with E-state index in [-0.39, 0.29) is 10.6 Å². The third-order valence-electron chi connectivity index (χ3n) is 3.14. The molecular formula is C13H18N4O2S. The number of anilines is 1. The maximum Gasteiger partial charge on any atom is 0.243 e. The van der Waals surface area contributed by atoms with Crippen molar-refractivity contribution in [3.8, 4) is 0 Å². The van der Waals surface area contributed by atoms with E-state index >= 15 is 0 Å². The molecule has 7 heteroatoms. The summed E-state index contributed by atoms with van der Waals surface area (Å²) in [6.45, 7) is 5.23. The molecule has 2 aromatic rings. The Morgan fingerprint density at radius 3 is 2.55 bits per heavy atom. The van der Waals surface area contributed by atoms with Crippen molar-refractivity contribution in [2.24, 2.45) is 0 Å². The molecule has 108 valence electrons. The lowest BCUT2D eigenvalue weighted by molar-refractivity contribution is 0.561. The monoisotopic (exact) mass is 294 g/mol. The number of imidazole rings is 1. The van der Waals surface area contributed by atoms with Crippen LogP contribution < -0.4 is 10.5 Å². The zero-order chi connectivity index (χ0) is 14.9. The Hall–Kier alpha value is -1.86. The second-order valence-electron chi connectivity index (χ2n) is 4.76. The van der Waals surface area contributed by atoms with Gasteiger partial charge in [0, 0.05) is 12.4 Å². The average Bonchev–Trinajstić information content (AvgIpc) is 2.87. The summed E-state index contributed by atoms with van der Waals surface area (Å²) < 4.78 is 27.6. The van der Waals surface area contributed by atoms with Crippen LogP contribution in [0.5, 0.6) is 0 Å². The second-order valence-corrected chi connectivity index (χ2v) is 6.41. The maximum atomic E-state index is 12.5. The minimum Gasteiger partial charge on any atom is -0.397 e. The van der Waals surface area contributed by atoms with E-state index in [0.717, 1.165) is 5.56 Å². The van der Waals surface area contributed by atoms with E-state index in [2.05, 4.69) is 14.7 Å². The third-order valence-corrected chi connectivity index (χ3v) is 4.88. The molecule has 0 saturated heterocycles. The molecule has 1 aromatic carbocycles. The molecule has 1 atom stereocenters. The highest BCUT2D eigenvalue weighted by Crippen LogP contribution is 2.26. The molecule has 20 heavy (non-hydrogen) atoms. The summed E-state index contributed by atoms with van der Waals surface area (Å²) >= 11 is 0. The molecule has 1 heterocycles. The highest BCUT2D eigenvalue weighted by molar-refractivity contribution is 7.89. The molecule has 0 saturated carbocycles. The Labute approximate surface area is 118 Å². The fraction of sp³-hybridized carbons (Fsp3) is 0.308. The van der Waals surface area contributed by atoms with Gasteiger partial charge < -0.3 is 10.7 Å². The first kappa shape index (κ1) is 14.5. The van der Waals surface area contributed by atoms with Gasteiger partial charge in [-0.2, -0.15) is 0 Å². The number of hydrogen-bond donors (Lipinski definition) is 3. The zero-order valence-electron chi connectivity index (χ0n) is 11.6. The maximum absolute atomic E-state index is 12.5. The molecule has 0 spiro atoms. The van der Waals surface area contributed by atoms with Gasteiger partial charge in [0.1, 0.15) is 10.7 Å². The largest absolute Gasteiger partial charge is 0.397 e. The first-order valence-electron chi connectivity index (χ1n) is 6.20. The summed E-state index contributed by atoms with van der Waals surface area (Å²) in [6, 6.07) is 3.09. The van der Waals surface area contributed by atoms with E-state index in [1.807, 2.05) is 0 Å². The van der Waals surface area contributed by atoms with E-state index in [4.69, 9.17) is 5.73 Å². The van der Waals surface area contributed by atoms with Gasteiger partial charge in [-0.3, -0.25) is 0 Å². The van der Waals surface area contributed by atoms with Gasteiger partial charge in [-0.1, -0.05) is 12.1 Å². The standard InChI is InChI=1S/C13H18N4O2S/c1-8-4-5-9(2)12(11(8)14)20(18,19)17-10(3)13-15-6-7-16-13/h4-7,10,17H,14H2,1-3H3,(H,15,16). The average molecular weight is 294 g/mol. The Kier molecular flexibility index (Phi) is 3.82. The Morgan fingerprint density at radius 2 is 1.95 bits per heavy atom. The third kappa shape index (κ3) is 2.68. The Morgan fingerprint density at radius 1 is 1.30 bits per heavy atom. The number of aromatic nitrogens is 2.